The number of hydrogen-bond donors (Lipinski definition) is 2. The molecular formula is C31H31ClN6O3. The number of nitrogens with zero attached hydrogens (tertiary/aromatic N) is 4. The van der Waals surface area contributed by atoms with Crippen LogP contribution >= 0.6 is 11.6 Å². The Labute approximate surface area is 242 Å². The van der Waals surface area contributed by atoms with E-state index in [2.05, 4.69) is 20.3 Å². The van der Waals surface area contributed by atoms with E-state index in [0.717, 1.165) is 16.5 Å². The van der Waals surface area contributed by atoms with Gasteiger partial charge in [-0.1, -0.05) is 56.6 Å². The van der Waals surface area contributed by atoms with Crippen LogP contribution in [0.25, 0.3) is 22.2 Å². The monoisotopic (exact) mass is 570 g/mol. The summed E-state index contributed by atoms with van der Waals surface area (Å²) in [5.74, 6) is -0.606. The molecule has 2 N–H and O–H groups in total. The minimum Gasteiger partial charge on any atom is -0.351 e. The highest BCUT2D eigenvalue weighted by Gasteiger charge is 2.50. The Morgan fingerprint density at radius 3 is 2.41 bits per heavy atom. The molecule has 41 heavy (non-hydrogen) atoms. The van der Waals surface area contributed by atoms with Gasteiger partial charge in [0.25, 0.3) is 11.8 Å². The predicted octanol–water partition coefficient (Wildman–Crippen LogP) is 4.55. The molecule has 3 amide bonds. The molecule has 0 spiro atoms. The number of halogens is 1. The number of nitrogens with one attached hydrogen (secondary N) is 2. The number of para-hydroxylation sites is 1. The number of carbonyl (C=O) groups excluding carboxylic acids is 3. The molecule has 2 saturated heterocycles. The van der Waals surface area contributed by atoms with Gasteiger partial charge < -0.3 is 20.1 Å². The normalized spacial score (nSPS) is 19.0. The van der Waals surface area contributed by atoms with E-state index in [-0.39, 0.29) is 29.8 Å². The number of hydrogen-bond acceptors (Lipinski definition) is 5. The Morgan fingerprint density at radius 1 is 1.00 bits per heavy atom. The van der Waals surface area contributed by atoms with E-state index in [1.807, 2.05) is 73.0 Å². The summed E-state index contributed by atoms with van der Waals surface area (Å²) in [5.41, 5.74) is 2.56. The molecule has 0 radical (unpaired) electrons. The smallest absolute Gasteiger partial charge is 0.272 e. The molecule has 1 unspecified atom stereocenters. The minimum absolute atomic E-state index is 0.0995. The average Bonchev–Trinajstić information content (AvgIpc) is 3.69. The highest BCUT2D eigenvalue weighted by atomic mass is 35.5. The third-order valence-electron chi connectivity index (χ3n) is 7.94. The minimum atomic E-state index is -0.723. The lowest BCUT2D eigenvalue weighted by atomic mass is 9.85. The van der Waals surface area contributed by atoms with E-state index in [0.29, 0.717) is 41.7 Å². The molecule has 4 aromatic rings. The van der Waals surface area contributed by atoms with Crippen molar-refractivity contribution in [1.29, 1.82) is 0 Å². The van der Waals surface area contributed by atoms with E-state index >= 15 is 0 Å². The largest absolute Gasteiger partial charge is 0.351 e. The summed E-state index contributed by atoms with van der Waals surface area (Å²) in [6.45, 7) is 6.69. The van der Waals surface area contributed by atoms with E-state index < -0.39 is 11.5 Å². The molecule has 3 atom stereocenters. The number of likely N-dealkylation sites (tertiary alicyclic amines) is 2. The van der Waals surface area contributed by atoms with Crippen molar-refractivity contribution in [3.8, 4) is 11.3 Å². The molecule has 210 valence electrons. The number of carbonyl (C=O) groups is 3. The highest BCUT2D eigenvalue weighted by Crippen LogP contribution is 2.34. The van der Waals surface area contributed by atoms with Gasteiger partial charge in [-0.25, -0.2) is 4.98 Å². The van der Waals surface area contributed by atoms with Crippen molar-refractivity contribution in [2.24, 2.45) is 5.41 Å². The predicted molar refractivity (Wildman–Crippen MR) is 156 cm³/mol. The van der Waals surface area contributed by atoms with Crippen LogP contribution < -0.4 is 5.32 Å². The lowest BCUT2D eigenvalue weighted by Crippen LogP contribution is -2.59. The molecule has 9 nitrogen and oxygen atoms in total. The first-order valence-corrected chi connectivity index (χ1v) is 14.1. The number of piperazine rings is 1. The second kappa shape index (κ2) is 10.3. The Kier molecular flexibility index (Phi) is 6.77. The molecular weight excluding hydrogens is 540 g/mol. The number of fused-ring (bicyclic) bond motifs is 3. The molecule has 2 aliphatic rings. The van der Waals surface area contributed by atoms with E-state index in [1.165, 1.54) is 0 Å². The first kappa shape index (κ1) is 27.0. The van der Waals surface area contributed by atoms with Crippen molar-refractivity contribution in [3.63, 3.8) is 0 Å². The number of benzene rings is 1. The molecule has 2 fully saturated rings. The number of aromatic nitrogens is 3. The lowest BCUT2D eigenvalue weighted by Gasteiger charge is -2.39. The second-order valence-electron chi connectivity index (χ2n) is 11.8. The van der Waals surface area contributed by atoms with Gasteiger partial charge in [-0.15, -0.1) is 0 Å². The molecule has 6 rings (SSSR count). The van der Waals surface area contributed by atoms with Gasteiger partial charge in [-0.2, -0.15) is 0 Å². The third-order valence-corrected chi connectivity index (χ3v) is 8.15. The zero-order valence-electron chi connectivity index (χ0n) is 23.1. The van der Waals surface area contributed by atoms with Crippen LogP contribution in [0, 0.1) is 5.41 Å². The molecule has 10 heteroatoms. The van der Waals surface area contributed by atoms with E-state index in [1.54, 1.807) is 24.4 Å². The van der Waals surface area contributed by atoms with Crippen LogP contribution in [0.3, 0.4) is 0 Å². The van der Waals surface area contributed by atoms with Crippen LogP contribution in [0.2, 0.25) is 5.15 Å². The Morgan fingerprint density at radius 2 is 1.76 bits per heavy atom. The summed E-state index contributed by atoms with van der Waals surface area (Å²) >= 11 is 6.00. The van der Waals surface area contributed by atoms with Gasteiger partial charge in [-0.05, 0) is 48.2 Å². The van der Waals surface area contributed by atoms with Gasteiger partial charge in [0, 0.05) is 35.8 Å². The number of H-pyrrole nitrogens is 1. The summed E-state index contributed by atoms with van der Waals surface area (Å²) in [6, 6.07) is 17.4. The molecule has 1 aromatic carbocycles. The lowest BCUT2D eigenvalue weighted by molar-refractivity contribution is -0.138. The summed E-state index contributed by atoms with van der Waals surface area (Å²) in [7, 11) is 0. The van der Waals surface area contributed by atoms with Crippen LogP contribution in [0.1, 0.15) is 48.2 Å². The number of amides is 3. The standard InChI is InChI=1S/C31H31ClN6O3/c1-31(2,3)27(36-28(39)25-13-18-7-4-5-8-22(18)34-25)30(41)38-17-20-14-21(38)16-37(20)29(40)24-12-11-19(15-33-24)23-9-6-10-26(32)35-23/h4-13,15,20-21,27,34H,14,16-17H2,1-3H3,(H,36,39)/t20?,21-,27+/m0/s1. The molecule has 5 heterocycles. The van der Waals surface area contributed by atoms with Crippen molar-refractivity contribution in [2.45, 2.75) is 45.3 Å². The van der Waals surface area contributed by atoms with Gasteiger partial charge >= 0.3 is 0 Å². The molecule has 2 bridgehead atoms. The maximum atomic E-state index is 13.8. The zero-order chi connectivity index (χ0) is 28.9. The maximum absolute atomic E-state index is 13.8. The number of aromatic amines is 1. The quantitative estimate of drug-likeness (QED) is 0.342. The molecule has 0 aliphatic carbocycles. The Bertz CT molecular complexity index is 1610. The topological polar surface area (TPSA) is 111 Å². The van der Waals surface area contributed by atoms with Crippen molar-refractivity contribution in [1.82, 2.24) is 30.1 Å². The first-order valence-electron chi connectivity index (χ1n) is 13.7. The Balaban J connectivity index is 1.13. The fraction of sp³-hybridized carbons (Fsp3) is 0.323. The summed E-state index contributed by atoms with van der Waals surface area (Å²) in [5, 5.41) is 4.31. The van der Waals surface area contributed by atoms with Gasteiger partial charge in [0.05, 0.1) is 17.8 Å². The van der Waals surface area contributed by atoms with E-state index in [4.69, 9.17) is 11.6 Å². The summed E-state index contributed by atoms with van der Waals surface area (Å²) in [6.07, 6.45) is 2.33. The van der Waals surface area contributed by atoms with Crippen molar-refractivity contribution >= 4 is 40.2 Å². The van der Waals surface area contributed by atoms with Crippen LogP contribution in [0.5, 0.6) is 0 Å². The van der Waals surface area contributed by atoms with Crippen LogP contribution in [0.4, 0.5) is 0 Å². The van der Waals surface area contributed by atoms with Gasteiger partial charge in [-0.3, -0.25) is 19.4 Å². The summed E-state index contributed by atoms with van der Waals surface area (Å²) in [4.78, 5) is 55.8. The van der Waals surface area contributed by atoms with Crippen molar-refractivity contribution in [3.05, 3.63) is 83.4 Å². The zero-order valence-corrected chi connectivity index (χ0v) is 23.9. The number of pyridine rings is 2. The van der Waals surface area contributed by atoms with Gasteiger partial charge in [0.1, 0.15) is 22.6 Å². The van der Waals surface area contributed by atoms with Crippen LogP contribution in [0.15, 0.2) is 66.9 Å². The van der Waals surface area contributed by atoms with Crippen LogP contribution in [-0.2, 0) is 4.79 Å². The molecule has 3 aromatic heterocycles. The maximum Gasteiger partial charge on any atom is 0.272 e. The SMILES string of the molecule is CC(C)(C)[C@H](NC(=O)c1cc2ccccc2[nH]1)C(=O)N1CC2C[C@H]1CN2C(=O)c1ccc(-c2cccc(Cl)n2)cn1. The van der Waals surface area contributed by atoms with Gasteiger partial charge in [0.2, 0.25) is 5.91 Å². The first-order chi connectivity index (χ1) is 19.6. The fourth-order valence-corrected chi connectivity index (χ4v) is 5.96. The highest BCUT2D eigenvalue weighted by molar-refractivity contribution is 6.29. The van der Waals surface area contributed by atoms with E-state index in [9.17, 15) is 14.4 Å². The van der Waals surface area contributed by atoms with Crippen molar-refractivity contribution < 1.29 is 14.4 Å². The fourth-order valence-electron chi connectivity index (χ4n) is 5.79. The van der Waals surface area contributed by atoms with Gasteiger partial charge in [0.15, 0.2) is 0 Å². The second-order valence-corrected chi connectivity index (χ2v) is 12.2. The third kappa shape index (κ3) is 5.17. The van der Waals surface area contributed by atoms with Crippen molar-refractivity contribution in [2.75, 3.05) is 13.1 Å². The van der Waals surface area contributed by atoms with Crippen LogP contribution in [-0.4, -0.2) is 73.7 Å². The molecule has 2 aliphatic heterocycles. The summed E-state index contributed by atoms with van der Waals surface area (Å²) < 4.78 is 0. The Hall–Kier alpha value is -4.24. The average molecular weight is 571 g/mol. The molecule has 0 saturated carbocycles. The number of rotatable bonds is 5.